The van der Waals surface area contributed by atoms with Gasteiger partial charge in [-0.2, -0.15) is 5.10 Å². The molecule has 2 heterocycles. The molecular formula is C14H26N4. The van der Waals surface area contributed by atoms with Crippen LogP contribution in [0.25, 0.3) is 0 Å². The molecule has 0 saturated carbocycles. The number of nitrogens with zero attached hydrogens (tertiary/aromatic N) is 3. The molecule has 1 fully saturated rings. The molecule has 0 aliphatic carbocycles. The molecule has 1 aliphatic heterocycles. The summed E-state index contributed by atoms with van der Waals surface area (Å²) in [5.41, 5.74) is 9.74. The van der Waals surface area contributed by atoms with Crippen molar-refractivity contribution >= 4 is 0 Å². The van der Waals surface area contributed by atoms with Crippen LogP contribution in [0, 0.1) is 19.8 Å². The van der Waals surface area contributed by atoms with Crippen LogP contribution in [0.2, 0.25) is 0 Å². The molecule has 102 valence electrons. The van der Waals surface area contributed by atoms with Gasteiger partial charge >= 0.3 is 0 Å². The van der Waals surface area contributed by atoms with E-state index in [9.17, 15) is 0 Å². The number of likely N-dealkylation sites (tertiary alicyclic amines) is 1. The van der Waals surface area contributed by atoms with Crippen molar-refractivity contribution in [3.05, 3.63) is 17.0 Å². The molecule has 2 N–H and O–H groups in total. The van der Waals surface area contributed by atoms with Crippen LogP contribution < -0.4 is 5.73 Å². The van der Waals surface area contributed by atoms with Crippen LogP contribution >= 0.6 is 0 Å². The van der Waals surface area contributed by atoms with Crippen molar-refractivity contribution in [1.29, 1.82) is 0 Å². The summed E-state index contributed by atoms with van der Waals surface area (Å²) in [5, 5.41) is 4.50. The van der Waals surface area contributed by atoms with E-state index in [0.717, 1.165) is 31.2 Å². The maximum atomic E-state index is 5.93. The van der Waals surface area contributed by atoms with E-state index in [1.807, 2.05) is 11.7 Å². The molecule has 1 aromatic heterocycles. The lowest BCUT2D eigenvalue weighted by Gasteiger charge is -2.38. The monoisotopic (exact) mass is 250 g/mol. The normalized spacial score (nSPS) is 25.6. The molecule has 1 aliphatic rings. The van der Waals surface area contributed by atoms with Crippen molar-refractivity contribution in [3.8, 4) is 0 Å². The Kier molecular flexibility index (Phi) is 4.07. The van der Waals surface area contributed by atoms with Gasteiger partial charge in [0.05, 0.1) is 5.69 Å². The minimum atomic E-state index is 0.535. The third-order valence-corrected chi connectivity index (χ3v) is 4.39. The molecule has 1 saturated heterocycles. The maximum absolute atomic E-state index is 5.93. The molecular weight excluding hydrogens is 224 g/mol. The van der Waals surface area contributed by atoms with Crippen LogP contribution in [0.15, 0.2) is 0 Å². The molecule has 0 bridgehead atoms. The van der Waals surface area contributed by atoms with Gasteiger partial charge in [-0.1, -0.05) is 6.92 Å². The van der Waals surface area contributed by atoms with Crippen LogP contribution in [0.1, 0.15) is 36.7 Å². The van der Waals surface area contributed by atoms with Crippen molar-refractivity contribution in [2.45, 2.75) is 46.2 Å². The number of aromatic nitrogens is 2. The maximum Gasteiger partial charge on any atom is 0.0641 e. The smallest absolute Gasteiger partial charge is 0.0641 e. The van der Waals surface area contributed by atoms with E-state index >= 15 is 0 Å². The third-order valence-electron chi connectivity index (χ3n) is 4.39. The standard InChI is InChI=1S/C14H26N4/c1-10-5-6-18(13(7-10)8-15)9-14-11(2)16-17(4)12(14)3/h10,13H,5-9,15H2,1-4H3. The summed E-state index contributed by atoms with van der Waals surface area (Å²) in [7, 11) is 2.02. The predicted molar refractivity (Wildman–Crippen MR) is 74.3 cm³/mol. The Morgan fingerprint density at radius 2 is 2.11 bits per heavy atom. The molecule has 4 heteroatoms. The van der Waals surface area contributed by atoms with E-state index in [1.165, 1.54) is 24.1 Å². The lowest BCUT2D eigenvalue weighted by atomic mass is 9.92. The summed E-state index contributed by atoms with van der Waals surface area (Å²) < 4.78 is 1.98. The Labute approximate surface area is 110 Å². The van der Waals surface area contributed by atoms with E-state index in [1.54, 1.807) is 0 Å². The number of hydrogen-bond donors (Lipinski definition) is 1. The lowest BCUT2D eigenvalue weighted by molar-refractivity contribution is 0.115. The molecule has 2 unspecified atom stereocenters. The Balaban J connectivity index is 2.12. The second-order valence-corrected chi connectivity index (χ2v) is 5.76. The highest BCUT2D eigenvalue weighted by atomic mass is 15.3. The van der Waals surface area contributed by atoms with Gasteiger partial charge in [-0.3, -0.25) is 9.58 Å². The van der Waals surface area contributed by atoms with Crippen LogP contribution in [-0.4, -0.2) is 33.8 Å². The molecule has 0 aromatic carbocycles. The summed E-state index contributed by atoms with van der Waals surface area (Å²) >= 11 is 0. The van der Waals surface area contributed by atoms with Crippen molar-refractivity contribution in [2.75, 3.05) is 13.1 Å². The Bertz CT molecular complexity index is 410. The highest BCUT2D eigenvalue weighted by Crippen LogP contribution is 2.25. The zero-order chi connectivity index (χ0) is 13.3. The molecule has 4 nitrogen and oxygen atoms in total. The zero-order valence-electron chi connectivity index (χ0n) is 12.1. The van der Waals surface area contributed by atoms with Crippen LogP contribution in [-0.2, 0) is 13.6 Å². The SMILES string of the molecule is Cc1nn(C)c(C)c1CN1CCC(C)CC1CN. The number of nitrogens with two attached hydrogens (primary N) is 1. The van der Waals surface area contributed by atoms with E-state index in [2.05, 4.69) is 30.8 Å². The first-order valence-electron chi connectivity index (χ1n) is 6.96. The lowest BCUT2D eigenvalue weighted by Crippen LogP contribution is -2.45. The fraction of sp³-hybridized carbons (Fsp3) is 0.786. The summed E-state index contributed by atoms with van der Waals surface area (Å²) in [6.45, 7) is 9.52. The molecule has 18 heavy (non-hydrogen) atoms. The first-order valence-corrected chi connectivity index (χ1v) is 6.96. The van der Waals surface area contributed by atoms with Gasteiger partial charge in [0.2, 0.25) is 0 Å². The van der Waals surface area contributed by atoms with Crippen LogP contribution in [0.3, 0.4) is 0 Å². The summed E-state index contributed by atoms with van der Waals surface area (Å²) in [6, 6.07) is 0.535. The molecule has 2 rings (SSSR count). The van der Waals surface area contributed by atoms with Gasteiger partial charge in [0.15, 0.2) is 0 Å². The van der Waals surface area contributed by atoms with Crippen LogP contribution in [0.5, 0.6) is 0 Å². The largest absolute Gasteiger partial charge is 0.329 e. The van der Waals surface area contributed by atoms with E-state index in [4.69, 9.17) is 5.73 Å². The zero-order valence-corrected chi connectivity index (χ0v) is 12.1. The van der Waals surface area contributed by atoms with Gasteiger partial charge in [-0.25, -0.2) is 0 Å². The Morgan fingerprint density at radius 3 is 2.67 bits per heavy atom. The fourth-order valence-electron chi connectivity index (χ4n) is 3.00. The topological polar surface area (TPSA) is 47.1 Å². The Hall–Kier alpha value is -0.870. The van der Waals surface area contributed by atoms with E-state index in [-0.39, 0.29) is 0 Å². The van der Waals surface area contributed by atoms with Crippen LogP contribution in [0.4, 0.5) is 0 Å². The van der Waals surface area contributed by atoms with Crippen molar-refractivity contribution in [1.82, 2.24) is 14.7 Å². The average molecular weight is 250 g/mol. The minimum Gasteiger partial charge on any atom is -0.329 e. The summed E-state index contributed by atoms with van der Waals surface area (Å²) in [4.78, 5) is 2.54. The Morgan fingerprint density at radius 1 is 1.39 bits per heavy atom. The highest BCUT2D eigenvalue weighted by molar-refractivity contribution is 5.24. The number of piperidine rings is 1. The van der Waals surface area contributed by atoms with Gasteiger partial charge in [-0.15, -0.1) is 0 Å². The predicted octanol–water partition coefficient (Wildman–Crippen LogP) is 1.60. The molecule has 0 amide bonds. The molecule has 0 radical (unpaired) electrons. The van der Waals surface area contributed by atoms with E-state index < -0.39 is 0 Å². The van der Waals surface area contributed by atoms with E-state index in [0.29, 0.717) is 6.04 Å². The molecule has 1 aromatic rings. The second-order valence-electron chi connectivity index (χ2n) is 5.76. The average Bonchev–Trinajstić information content (AvgIpc) is 2.58. The number of hydrogen-bond acceptors (Lipinski definition) is 3. The van der Waals surface area contributed by atoms with Gasteiger partial charge in [0.25, 0.3) is 0 Å². The quantitative estimate of drug-likeness (QED) is 0.886. The van der Waals surface area contributed by atoms with Gasteiger partial charge < -0.3 is 5.73 Å². The minimum absolute atomic E-state index is 0.535. The first kappa shape index (κ1) is 13.6. The fourth-order valence-corrected chi connectivity index (χ4v) is 3.00. The van der Waals surface area contributed by atoms with Crippen molar-refractivity contribution < 1.29 is 0 Å². The van der Waals surface area contributed by atoms with Gasteiger partial charge in [-0.05, 0) is 39.2 Å². The van der Waals surface area contributed by atoms with Gasteiger partial charge in [0.1, 0.15) is 0 Å². The highest BCUT2D eigenvalue weighted by Gasteiger charge is 2.26. The molecule has 0 spiro atoms. The summed E-state index contributed by atoms with van der Waals surface area (Å²) in [5.74, 6) is 0.811. The number of rotatable bonds is 3. The van der Waals surface area contributed by atoms with Crippen molar-refractivity contribution in [3.63, 3.8) is 0 Å². The first-order chi connectivity index (χ1) is 8.52. The van der Waals surface area contributed by atoms with Crippen molar-refractivity contribution in [2.24, 2.45) is 18.7 Å². The third kappa shape index (κ3) is 2.59. The molecule has 2 atom stereocenters. The summed E-state index contributed by atoms with van der Waals surface area (Å²) in [6.07, 6.45) is 2.52. The van der Waals surface area contributed by atoms with Gasteiger partial charge in [0, 0.05) is 37.4 Å². The number of aryl methyl sites for hydroxylation is 2. The second kappa shape index (κ2) is 5.41.